The number of nitrogens with one attached hydrogen (secondary N) is 1. The molecule has 0 aromatic heterocycles. The highest BCUT2D eigenvalue weighted by Crippen LogP contribution is 2.30. The fourth-order valence-corrected chi connectivity index (χ4v) is 1.36. The smallest absolute Gasteiger partial charge is 0.252 e. The predicted molar refractivity (Wildman–Crippen MR) is 48.9 cm³/mol. The zero-order chi connectivity index (χ0) is 9.26. The molecule has 1 aliphatic rings. The first-order valence-electron chi connectivity index (χ1n) is 4.08. The van der Waals surface area contributed by atoms with Crippen LogP contribution in [0.5, 0.6) is 5.75 Å². The van der Waals surface area contributed by atoms with Crippen molar-refractivity contribution in [3.63, 3.8) is 0 Å². The van der Waals surface area contributed by atoms with Crippen LogP contribution in [-0.2, 0) is 0 Å². The van der Waals surface area contributed by atoms with E-state index in [1.54, 1.807) is 12.1 Å². The fraction of sp³-hybridized carbons (Fsp3) is 0.222. The van der Waals surface area contributed by atoms with E-state index in [0.717, 1.165) is 12.2 Å². The van der Waals surface area contributed by atoms with E-state index in [2.05, 4.69) is 5.32 Å². The second kappa shape index (κ2) is 2.97. The van der Waals surface area contributed by atoms with Gasteiger partial charge in [0.2, 0.25) is 0 Å². The second-order valence-electron chi connectivity index (χ2n) is 2.82. The number of hydrogen-bond donors (Lipinski definition) is 2. The van der Waals surface area contributed by atoms with Crippen molar-refractivity contribution in [3.8, 4) is 5.75 Å². The highest BCUT2D eigenvalue weighted by atomic mass is 16.5. The summed E-state index contributed by atoms with van der Waals surface area (Å²) in [5, 5.41) is 3.13. The van der Waals surface area contributed by atoms with Gasteiger partial charge >= 0.3 is 0 Å². The van der Waals surface area contributed by atoms with E-state index in [9.17, 15) is 4.79 Å². The quantitative estimate of drug-likeness (QED) is 0.661. The molecule has 0 aliphatic carbocycles. The van der Waals surface area contributed by atoms with Crippen LogP contribution in [0.15, 0.2) is 18.2 Å². The van der Waals surface area contributed by atoms with Crippen molar-refractivity contribution in [2.24, 2.45) is 5.73 Å². The van der Waals surface area contributed by atoms with Crippen LogP contribution in [0.2, 0.25) is 0 Å². The molecule has 0 bridgehead atoms. The number of hydrogen-bond acceptors (Lipinski definition) is 3. The van der Waals surface area contributed by atoms with E-state index < -0.39 is 5.91 Å². The molecule has 4 heteroatoms. The first-order chi connectivity index (χ1) is 6.29. The van der Waals surface area contributed by atoms with Crippen molar-refractivity contribution in [2.75, 3.05) is 18.5 Å². The van der Waals surface area contributed by atoms with Gasteiger partial charge in [-0.25, -0.2) is 0 Å². The van der Waals surface area contributed by atoms with Gasteiger partial charge in [-0.15, -0.1) is 0 Å². The third-order valence-corrected chi connectivity index (χ3v) is 1.94. The summed E-state index contributed by atoms with van der Waals surface area (Å²) in [4.78, 5) is 11.0. The van der Waals surface area contributed by atoms with Crippen molar-refractivity contribution in [3.05, 3.63) is 23.8 Å². The number of fused-ring (bicyclic) bond motifs is 1. The van der Waals surface area contributed by atoms with Crippen molar-refractivity contribution in [1.82, 2.24) is 0 Å². The molecule has 1 aromatic rings. The molecule has 4 nitrogen and oxygen atoms in total. The lowest BCUT2D eigenvalue weighted by atomic mass is 10.1. The molecule has 1 aromatic carbocycles. The second-order valence-corrected chi connectivity index (χ2v) is 2.82. The average molecular weight is 178 g/mol. The minimum atomic E-state index is -0.458. The molecule has 3 N–H and O–H groups in total. The molecular weight excluding hydrogens is 168 g/mol. The van der Waals surface area contributed by atoms with Gasteiger partial charge in [-0.2, -0.15) is 0 Å². The van der Waals surface area contributed by atoms with E-state index in [4.69, 9.17) is 10.5 Å². The molecule has 0 saturated carbocycles. The number of carbonyl (C=O) groups is 1. The fourth-order valence-electron chi connectivity index (χ4n) is 1.36. The Morgan fingerprint density at radius 1 is 1.54 bits per heavy atom. The maximum absolute atomic E-state index is 11.0. The molecule has 0 unspecified atom stereocenters. The number of amides is 1. The third kappa shape index (κ3) is 1.30. The lowest BCUT2D eigenvalue weighted by molar-refractivity contribution is 0.0996. The first-order valence-corrected chi connectivity index (χ1v) is 4.08. The Labute approximate surface area is 75.7 Å². The number of benzene rings is 1. The van der Waals surface area contributed by atoms with Gasteiger partial charge in [-0.3, -0.25) is 4.79 Å². The molecule has 0 spiro atoms. The molecule has 68 valence electrons. The average Bonchev–Trinajstić information content (AvgIpc) is 2.17. The normalized spacial score (nSPS) is 13.8. The van der Waals surface area contributed by atoms with Crippen LogP contribution in [0, 0.1) is 0 Å². The monoisotopic (exact) mass is 178 g/mol. The number of carbonyl (C=O) groups excluding carboxylic acids is 1. The largest absolute Gasteiger partial charge is 0.489 e. The Bertz CT molecular complexity index is 349. The minimum absolute atomic E-state index is 0.435. The number of anilines is 1. The van der Waals surface area contributed by atoms with Crippen LogP contribution in [0.4, 0.5) is 5.69 Å². The number of para-hydroxylation sites is 1. The van der Waals surface area contributed by atoms with Gasteiger partial charge in [-0.1, -0.05) is 6.07 Å². The lowest BCUT2D eigenvalue weighted by Crippen LogP contribution is -2.21. The Morgan fingerprint density at radius 3 is 3.15 bits per heavy atom. The SMILES string of the molecule is NC(=O)c1cccc2c1OCCN2. The van der Waals surface area contributed by atoms with E-state index in [0.29, 0.717) is 17.9 Å². The van der Waals surface area contributed by atoms with Crippen molar-refractivity contribution < 1.29 is 9.53 Å². The lowest BCUT2D eigenvalue weighted by Gasteiger charge is -2.20. The van der Waals surface area contributed by atoms with E-state index in [-0.39, 0.29) is 0 Å². The molecule has 0 radical (unpaired) electrons. The summed E-state index contributed by atoms with van der Waals surface area (Å²) in [5.41, 5.74) is 6.46. The zero-order valence-corrected chi connectivity index (χ0v) is 7.04. The van der Waals surface area contributed by atoms with Crippen molar-refractivity contribution in [1.29, 1.82) is 0 Å². The maximum Gasteiger partial charge on any atom is 0.252 e. The first kappa shape index (κ1) is 7.91. The molecule has 13 heavy (non-hydrogen) atoms. The van der Waals surface area contributed by atoms with Gasteiger partial charge in [0.1, 0.15) is 6.61 Å². The number of nitrogens with two attached hydrogens (primary N) is 1. The molecular formula is C9H10N2O2. The Balaban J connectivity index is 2.52. The Morgan fingerprint density at radius 2 is 2.38 bits per heavy atom. The maximum atomic E-state index is 11.0. The summed E-state index contributed by atoms with van der Waals surface area (Å²) < 4.78 is 5.35. The van der Waals surface area contributed by atoms with Gasteiger partial charge in [0, 0.05) is 6.54 Å². The molecule has 1 aliphatic heterocycles. The summed E-state index contributed by atoms with van der Waals surface area (Å²) in [6.07, 6.45) is 0. The molecule has 0 saturated heterocycles. The number of primary amides is 1. The van der Waals surface area contributed by atoms with Gasteiger partial charge < -0.3 is 15.8 Å². The zero-order valence-electron chi connectivity index (χ0n) is 7.04. The Kier molecular flexibility index (Phi) is 1.81. The number of ether oxygens (including phenoxy) is 1. The van der Waals surface area contributed by atoms with Gasteiger partial charge in [0.05, 0.1) is 11.3 Å². The standard InChI is InChI=1S/C9H10N2O2/c10-9(12)6-2-1-3-7-8(6)13-5-4-11-7/h1-3,11H,4-5H2,(H2,10,12). The Hall–Kier alpha value is -1.71. The predicted octanol–water partition coefficient (Wildman–Crippen LogP) is 0.590. The minimum Gasteiger partial charge on any atom is -0.489 e. The number of rotatable bonds is 1. The van der Waals surface area contributed by atoms with E-state index >= 15 is 0 Å². The molecule has 1 heterocycles. The molecule has 1 amide bonds. The van der Waals surface area contributed by atoms with Crippen LogP contribution in [0.25, 0.3) is 0 Å². The molecule has 0 fully saturated rings. The summed E-state index contributed by atoms with van der Waals surface area (Å²) in [6.45, 7) is 1.33. The van der Waals surface area contributed by atoms with Crippen LogP contribution in [-0.4, -0.2) is 19.1 Å². The molecule has 2 rings (SSSR count). The summed E-state index contributed by atoms with van der Waals surface area (Å²) in [5.74, 6) is 0.113. The van der Waals surface area contributed by atoms with Crippen molar-refractivity contribution >= 4 is 11.6 Å². The highest BCUT2D eigenvalue weighted by molar-refractivity contribution is 5.97. The summed E-state index contributed by atoms with van der Waals surface area (Å²) in [6, 6.07) is 5.30. The molecule has 0 atom stereocenters. The van der Waals surface area contributed by atoms with Crippen LogP contribution in [0.3, 0.4) is 0 Å². The van der Waals surface area contributed by atoms with Gasteiger partial charge in [0.15, 0.2) is 5.75 Å². The third-order valence-electron chi connectivity index (χ3n) is 1.94. The topological polar surface area (TPSA) is 64.4 Å². The van der Waals surface area contributed by atoms with Crippen LogP contribution >= 0.6 is 0 Å². The summed E-state index contributed by atoms with van der Waals surface area (Å²) >= 11 is 0. The van der Waals surface area contributed by atoms with Crippen molar-refractivity contribution in [2.45, 2.75) is 0 Å². The highest BCUT2D eigenvalue weighted by Gasteiger charge is 2.16. The van der Waals surface area contributed by atoms with E-state index in [1.165, 1.54) is 0 Å². The van der Waals surface area contributed by atoms with Gasteiger partial charge in [0.25, 0.3) is 5.91 Å². The van der Waals surface area contributed by atoms with Gasteiger partial charge in [-0.05, 0) is 12.1 Å². The summed E-state index contributed by atoms with van der Waals surface area (Å²) in [7, 11) is 0. The van der Waals surface area contributed by atoms with Crippen LogP contribution < -0.4 is 15.8 Å². The van der Waals surface area contributed by atoms with E-state index in [1.807, 2.05) is 6.07 Å². The van der Waals surface area contributed by atoms with Crippen LogP contribution in [0.1, 0.15) is 10.4 Å².